The first-order valence-corrected chi connectivity index (χ1v) is 9.59. The summed E-state index contributed by atoms with van der Waals surface area (Å²) in [7, 11) is 0. The largest absolute Gasteiger partial charge is 0.208 e. The molecule has 1 aromatic heterocycles. The zero-order valence-electron chi connectivity index (χ0n) is 21.2. The Kier molecular flexibility index (Phi) is 3.72. The molecule has 0 aliphatic rings. The quantitative estimate of drug-likeness (QED) is 0.333. The van der Waals surface area contributed by atoms with E-state index in [4.69, 9.17) is 6.85 Å². The molecule has 1 heterocycles. The SMILES string of the molecule is [2H]c1c([2H])c([2H])c(-c2cc(-c3nc(-c4ccccc4)nc(-c4ccccc4)n3)ccc2F)c([2H])c1[2H]. The summed E-state index contributed by atoms with van der Waals surface area (Å²) in [5, 5.41) is 0. The monoisotopic (exact) mass is 408 g/mol. The van der Waals surface area contributed by atoms with Crippen LogP contribution in [0.2, 0.25) is 0 Å². The first kappa shape index (κ1) is 13.9. The Labute approximate surface area is 187 Å². The molecular weight excluding hydrogens is 385 g/mol. The number of benzene rings is 4. The molecule has 0 aliphatic carbocycles. The van der Waals surface area contributed by atoms with Gasteiger partial charge in [-0.25, -0.2) is 19.3 Å². The van der Waals surface area contributed by atoms with Gasteiger partial charge in [-0.3, -0.25) is 0 Å². The van der Waals surface area contributed by atoms with Crippen molar-refractivity contribution in [3.8, 4) is 45.3 Å². The van der Waals surface area contributed by atoms with Gasteiger partial charge in [0, 0.05) is 22.3 Å². The van der Waals surface area contributed by atoms with Gasteiger partial charge >= 0.3 is 0 Å². The average molecular weight is 408 g/mol. The lowest BCUT2D eigenvalue weighted by molar-refractivity contribution is 0.631. The molecule has 0 saturated heterocycles. The van der Waals surface area contributed by atoms with Crippen LogP contribution >= 0.6 is 0 Å². The molecule has 0 bridgehead atoms. The molecular formula is C27H18FN3. The molecule has 0 N–H and O–H groups in total. The van der Waals surface area contributed by atoms with Gasteiger partial charge < -0.3 is 0 Å². The number of nitrogens with zero attached hydrogens (tertiary/aromatic N) is 3. The average Bonchev–Trinajstić information content (AvgIpc) is 2.92. The zero-order chi connectivity index (χ0) is 25.4. The molecule has 0 saturated carbocycles. The van der Waals surface area contributed by atoms with E-state index in [2.05, 4.69) is 15.0 Å². The molecule has 0 spiro atoms. The van der Waals surface area contributed by atoms with Crippen LogP contribution in [0.1, 0.15) is 6.85 Å². The summed E-state index contributed by atoms with van der Waals surface area (Å²) in [6, 6.07) is 20.2. The molecule has 5 aromatic rings. The van der Waals surface area contributed by atoms with Gasteiger partial charge in [-0.1, -0.05) is 90.9 Å². The van der Waals surface area contributed by atoms with Crippen LogP contribution in [0.3, 0.4) is 0 Å². The first-order chi connectivity index (χ1) is 17.3. The smallest absolute Gasteiger partial charge is 0.164 e. The molecule has 5 rings (SSSR count). The molecule has 148 valence electrons. The lowest BCUT2D eigenvalue weighted by atomic mass is 10.0. The summed E-state index contributed by atoms with van der Waals surface area (Å²) in [4.78, 5) is 13.9. The van der Waals surface area contributed by atoms with Gasteiger partial charge in [0.1, 0.15) is 5.82 Å². The van der Waals surface area contributed by atoms with Crippen molar-refractivity contribution in [3.63, 3.8) is 0 Å². The minimum absolute atomic E-state index is 0.132. The first-order valence-electron chi connectivity index (χ1n) is 12.1. The highest BCUT2D eigenvalue weighted by atomic mass is 19.1. The van der Waals surface area contributed by atoms with E-state index in [1.54, 1.807) is 0 Å². The van der Waals surface area contributed by atoms with Crippen molar-refractivity contribution < 1.29 is 11.2 Å². The number of rotatable bonds is 4. The maximum absolute atomic E-state index is 15.0. The van der Waals surface area contributed by atoms with E-state index in [1.807, 2.05) is 60.7 Å². The van der Waals surface area contributed by atoms with Crippen LogP contribution in [0.4, 0.5) is 4.39 Å². The Balaban J connectivity index is 1.73. The van der Waals surface area contributed by atoms with Gasteiger partial charge in [-0.05, 0) is 23.8 Å². The highest BCUT2D eigenvalue weighted by Gasteiger charge is 2.14. The normalized spacial score (nSPS) is 13.0. The zero-order valence-corrected chi connectivity index (χ0v) is 16.2. The van der Waals surface area contributed by atoms with Gasteiger partial charge in [-0.15, -0.1) is 0 Å². The highest BCUT2D eigenvalue weighted by Crippen LogP contribution is 2.29. The van der Waals surface area contributed by atoms with Crippen LogP contribution < -0.4 is 0 Å². The summed E-state index contributed by atoms with van der Waals surface area (Å²) < 4.78 is 55.2. The molecule has 31 heavy (non-hydrogen) atoms. The minimum Gasteiger partial charge on any atom is -0.208 e. The van der Waals surface area contributed by atoms with Crippen LogP contribution in [0, 0.1) is 5.82 Å². The second kappa shape index (κ2) is 8.28. The van der Waals surface area contributed by atoms with Gasteiger partial charge in [0.25, 0.3) is 0 Å². The van der Waals surface area contributed by atoms with Crippen LogP contribution in [-0.2, 0) is 0 Å². The third-order valence-corrected chi connectivity index (χ3v) is 4.69. The Bertz CT molecular complexity index is 1510. The number of hydrogen-bond donors (Lipinski definition) is 0. The van der Waals surface area contributed by atoms with Crippen LogP contribution in [0.25, 0.3) is 45.3 Å². The predicted molar refractivity (Wildman–Crippen MR) is 122 cm³/mol. The van der Waals surface area contributed by atoms with Crippen molar-refractivity contribution in [1.29, 1.82) is 0 Å². The van der Waals surface area contributed by atoms with Gasteiger partial charge in [0.15, 0.2) is 17.5 Å². The standard InChI is InChI=1S/C27H18FN3/c28-24-17-16-22(18-23(24)19-10-4-1-5-11-19)27-30-25(20-12-6-2-7-13-20)29-26(31-27)21-14-8-3-9-15-21/h1-18H/i1D,4D,5D,10D,11D. The van der Waals surface area contributed by atoms with Crippen molar-refractivity contribution in [2.45, 2.75) is 0 Å². The van der Waals surface area contributed by atoms with E-state index in [1.165, 1.54) is 18.2 Å². The molecule has 0 amide bonds. The number of hydrogen-bond acceptors (Lipinski definition) is 3. The summed E-state index contributed by atoms with van der Waals surface area (Å²) in [6.07, 6.45) is 0. The van der Waals surface area contributed by atoms with Crippen LogP contribution in [0.15, 0.2) is 109 Å². The van der Waals surface area contributed by atoms with Crippen LogP contribution in [0.5, 0.6) is 0 Å². The Morgan fingerprint density at radius 1 is 0.548 bits per heavy atom. The molecule has 0 radical (unpaired) electrons. The molecule has 0 aliphatic heterocycles. The summed E-state index contributed by atoms with van der Waals surface area (Å²) in [5.74, 6) is 0.385. The fourth-order valence-electron chi connectivity index (χ4n) is 3.18. The molecule has 3 nitrogen and oxygen atoms in total. The van der Waals surface area contributed by atoms with Gasteiger partial charge in [0.05, 0.1) is 6.85 Å². The predicted octanol–water partition coefficient (Wildman–Crippen LogP) is 6.68. The van der Waals surface area contributed by atoms with Gasteiger partial charge in [0.2, 0.25) is 0 Å². The second-order valence-electron chi connectivity index (χ2n) is 6.73. The second-order valence-corrected chi connectivity index (χ2v) is 6.73. The maximum atomic E-state index is 15.0. The van der Waals surface area contributed by atoms with E-state index < -0.39 is 36.0 Å². The van der Waals surface area contributed by atoms with E-state index in [0.717, 1.165) is 11.1 Å². The fourth-order valence-corrected chi connectivity index (χ4v) is 3.18. The summed E-state index contributed by atoms with van der Waals surface area (Å²) in [5.41, 5.74) is 1.60. The topological polar surface area (TPSA) is 38.7 Å². The lowest BCUT2D eigenvalue weighted by Crippen LogP contribution is -2.00. The lowest BCUT2D eigenvalue weighted by Gasteiger charge is -2.10. The Morgan fingerprint density at radius 2 is 1.06 bits per heavy atom. The van der Waals surface area contributed by atoms with Crippen molar-refractivity contribution in [1.82, 2.24) is 15.0 Å². The number of halogens is 1. The minimum atomic E-state index is -0.724. The Hall–Kier alpha value is -4.18. The van der Waals surface area contributed by atoms with Crippen molar-refractivity contribution in [3.05, 3.63) is 115 Å². The third kappa shape index (κ3) is 3.96. The van der Waals surface area contributed by atoms with Gasteiger partial charge in [-0.2, -0.15) is 0 Å². The fraction of sp³-hybridized carbons (Fsp3) is 0. The van der Waals surface area contributed by atoms with E-state index in [-0.39, 0.29) is 17.0 Å². The number of aromatic nitrogens is 3. The molecule has 0 fully saturated rings. The van der Waals surface area contributed by atoms with E-state index in [9.17, 15) is 4.39 Å². The molecule has 0 unspecified atom stereocenters. The van der Waals surface area contributed by atoms with Crippen molar-refractivity contribution in [2.24, 2.45) is 0 Å². The maximum Gasteiger partial charge on any atom is 0.164 e. The molecule has 0 atom stereocenters. The van der Waals surface area contributed by atoms with Crippen molar-refractivity contribution >= 4 is 0 Å². The van der Waals surface area contributed by atoms with E-state index in [0.29, 0.717) is 17.2 Å². The molecule has 4 heteroatoms. The molecule has 4 aromatic carbocycles. The Morgan fingerprint density at radius 3 is 1.61 bits per heavy atom. The third-order valence-electron chi connectivity index (χ3n) is 4.69. The van der Waals surface area contributed by atoms with E-state index >= 15 is 0 Å². The highest BCUT2D eigenvalue weighted by molar-refractivity contribution is 5.72. The summed E-state index contributed by atoms with van der Waals surface area (Å²) in [6.45, 7) is 0. The van der Waals surface area contributed by atoms with Crippen LogP contribution in [-0.4, -0.2) is 15.0 Å². The van der Waals surface area contributed by atoms with Crippen molar-refractivity contribution in [2.75, 3.05) is 0 Å². The summed E-state index contributed by atoms with van der Waals surface area (Å²) >= 11 is 0.